The number of rotatable bonds is 8. The summed E-state index contributed by atoms with van der Waals surface area (Å²) < 4.78 is 17.4. The van der Waals surface area contributed by atoms with Gasteiger partial charge in [-0.2, -0.15) is 0 Å². The summed E-state index contributed by atoms with van der Waals surface area (Å²) in [5.74, 6) is 2.59. The summed E-state index contributed by atoms with van der Waals surface area (Å²) in [6.07, 6.45) is 3.77. The van der Waals surface area contributed by atoms with Gasteiger partial charge in [0.25, 0.3) is 0 Å². The van der Waals surface area contributed by atoms with Crippen molar-refractivity contribution in [2.75, 3.05) is 50.9 Å². The number of nitrogens with zero attached hydrogens (tertiary/aromatic N) is 2. The van der Waals surface area contributed by atoms with E-state index in [9.17, 15) is 4.79 Å². The minimum atomic E-state index is -0.0670. The second-order valence-corrected chi connectivity index (χ2v) is 9.56. The van der Waals surface area contributed by atoms with Crippen molar-refractivity contribution >= 4 is 11.7 Å². The fourth-order valence-corrected chi connectivity index (χ4v) is 4.46. The molecule has 34 heavy (non-hydrogen) atoms. The Morgan fingerprint density at radius 3 is 2.41 bits per heavy atom. The Balaban J connectivity index is 1.08. The molecule has 1 saturated carbocycles. The second kappa shape index (κ2) is 10.6. The third-order valence-corrected chi connectivity index (χ3v) is 6.85. The standard InChI is InChI=1S/C27H35N3O4/c1-20(28-27(31)29-14-16-32-17-15-29)22-4-8-25(9-5-22)34-26-12-13-30(18-26)23-6-10-24(11-7-23)33-19-21-2-3-21/h4-11,20-21,26H,2-3,12-19H2,1H3,(H,28,31)/t20-,26?/m0/s1. The number of anilines is 1. The van der Waals surface area contributed by atoms with Crippen LogP contribution in [0, 0.1) is 5.92 Å². The van der Waals surface area contributed by atoms with Gasteiger partial charge < -0.3 is 29.3 Å². The average molecular weight is 466 g/mol. The summed E-state index contributed by atoms with van der Waals surface area (Å²) in [5.41, 5.74) is 2.27. The van der Waals surface area contributed by atoms with E-state index in [-0.39, 0.29) is 18.2 Å². The SMILES string of the molecule is C[C@H](NC(=O)N1CCOCC1)c1ccc(OC2CCN(c3ccc(OCC4CC4)cc3)C2)cc1. The fourth-order valence-electron chi connectivity index (χ4n) is 4.46. The first-order valence-corrected chi connectivity index (χ1v) is 12.5. The smallest absolute Gasteiger partial charge is 0.318 e. The van der Waals surface area contributed by atoms with Crippen LogP contribution in [0.5, 0.6) is 11.5 Å². The van der Waals surface area contributed by atoms with Gasteiger partial charge in [-0.1, -0.05) is 12.1 Å². The predicted octanol–water partition coefficient (Wildman–Crippen LogP) is 4.24. The van der Waals surface area contributed by atoms with E-state index in [0.29, 0.717) is 26.3 Å². The van der Waals surface area contributed by atoms with Gasteiger partial charge in [-0.3, -0.25) is 0 Å². The van der Waals surface area contributed by atoms with E-state index in [1.165, 1.54) is 18.5 Å². The molecule has 0 radical (unpaired) electrons. The number of morpholine rings is 1. The Morgan fingerprint density at radius 1 is 1.00 bits per heavy atom. The van der Waals surface area contributed by atoms with E-state index in [0.717, 1.165) is 49.1 Å². The summed E-state index contributed by atoms with van der Waals surface area (Å²) >= 11 is 0. The number of hydrogen-bond donors (Lipinski definition) is 1. The first-order valence-electron chi connectivity index (χ1n) is 12.5. The molecule has 2 aromatic carbocycles. The molecule has 3 fully saturated rings. The summed E-state index contributed by atoms with van der Waals surface area (Å²) in [6.45, 7) is 7.19. The summed E-state index contributed by atoms with van der Waals surface area (Å²) in [7, 11) is 0. The molecule has 1 unspecified atom stereocenters. The molecule has 7 nitrogen and oxygen atoms in total. The molecule has 0 bridgehead atoms. The topological polar surface area (TPSA) is 63.3 Å². The maximum Gasteiger partial charge on any atom is 0.318 e. The molecule has 0 spiro atoms. The van der Waals surface area contributed by atoms with E-state index in [2.05, 4.69) is 34.5 Å². The fraction of sp³-hybridized carbons (Fsp3) is 0.519. The molecule has 2 saturated heterocycles. The zero-order valence-electron chi connectivity index (χ0n) is 19.9. The van der Waals surface area contributed by atoms with E-state index in [1.54, 1.807) is 4.90 Å². The monoisotopic (exact) mass is 465 g/mol. The van der Waals surface area contributed by atoms with Crippen molar-refractivity contribution < 1.29 is 19.0 Å². The first kappa shape index (κ1) is 22.8. The first-order chi connectivity index (χ1) is 16.6. The molecule has 2 heterocycles. The lowest BCUT2D eigenvalue weighted by molar-refractivity contribution is 0.0526. The molecule has 1 N–H and O–H groups in total. The van der Waals surface area contributed by atoms with Crippen LogP contribution >= 0.6 is 0 Å². The van der Waals surface area contributed by atoms with Gasteiger partial charge in [0.2, 0.25) is 0 Å². The highest BCUT2D eigenvalue weighted by Gasteiger charge is 2.25. The molecule has 3 aliphatic rings. The van der Waals surface area contributed by atoms with Crippen LogP contribution in [0.25, 0.3) is 0 Å². The van der Waals surface area contributed by atoms with Crippen molar-refractivity contribution in [1.29, 1.82) is 0 Å². The van der Waals surface area contributed by atoms with Crippen LogP contribution in [0.3, 0.4) is 0 Å². The van der Waals surface area contributed by atoms with Crippen molar-refractivity contribution in [3.05, 3.63) is 54.1 Å². The molecule has 1 aliphatic carbocycles. The van der Waals surface area contributed by atoms with Gasteiger partial charge in [0.1, 0.15) is 17.6 Å². The van der Waals surface area contributed by atoms with Crippen LogP contribution in [0.1, 0.15) is 37.8 Å². The molecule has 2 aromatic rings. The van der Waals surface area contributed by atoms with Gasteiger partial charge in [0.15, 0.2) is 0 Å². The van der Waals surface area contributed by atoms with Crippen molar-refractivity contribution in [2.45, 2.75) is 38.3 Å². The number of ether oxygens (including phenoxy) is 3. The van der Waals surface area contributed by atoms with Gasteiger partial charge >= 0.3 is 6.03 Å². The van der Waals surface area contributed by atoms with Crippen molar-refractivity contribution in [3.63, 3.8) is 0 Å². The lowest BCUT2D eigenvalue weighted by Gasteiger charge is -2.28. The number of urea groups is 1. The Labute approximate surface area is 202 Å². The molecule has 2 atom stereocenters. The highest BCUT2D eigenvalue weighted by Crippen LogP contribution is 2.30. The highest BCUT2D eigenvalue weighted by molar-refractivity contribution is 5.74. The summed E-state index contributed by atoms with van der Waals surface area (Å²) in [6, 6.07) is 16.4. The lowest BCUT2D eigenvalue weighted by Crippen LogP contribution is -2.46. The zero-order chi connectivity index (χ0) is 23.3. The van der Waals surface area contributed by atoms with Gasteiger partial charge in [-0.15, -0.1) is 0 Å². The maximum atomic E-state index is 12.4. The van der Waals surface area contributed by atoms with E-state index in [4.69, 9.17) is 14.2 Å². The quantitative estimate of drug-likeness (QED) is 0.632. The third kappa shape index (κ3) is 5.95. The number of benzene rings is 2. The Morgan fingerprint density at radius 2 is 1.71 bits per heavy atom. The number of amides is 2. The summed E-state index contributed by atoms with van der Waals surface area (Å²) in [4.78, 5) is 16.6. The molecule has 0 aromatic heterocycles. The number of nitrogens with one attached hydrogen (secondary N) is 1. The van der Waals surface area contributed by atoms with Crippen LogP contribution in [0.4, 0.5) is 10.5 Å². The van der Waals surface area contributed by atoms with E-state index >= 15 is 0 Å². The van der Waals surface area contributed by atoms with Crippen molar-refractivity contribution in [2.24, 2.45) is 5.92 Å². The van der Waals surface area contributed by atoms with Gasteiger partial charge in [0.05, 0.1) is 32.4 Å². The van der Waals surface area contributed by atoms with Crippen LogP contribution in [-0.4, -0.2) is 63.0 Å². The zero-order valence-corrected chi connectivity index (χ0v) is 19.9. The van der Waals surface area contributed by atoms with Gasteiger partial charge in [-0.25, -0.2) is 4.79 Å². The maximum absolute atomic E-state index is 12.4. The largest absolute Gasteiger partial charge is 0.493 e. The van der Waals surface area contributed by atoms with Gasteiger partial charge in [-0.05, 0) is 67.6 Å². The Bertz CT molecular complexity index is 939. The van der Waals surface area contributed by atoms with E-state index < -0.39 is 0 Å². The van der Waals surface area contributed by atoms with E-state index in [1.807, 2.05) is 31.2 Å². The van der Waals surface area contributed by atoms with Crippen LogP contribution in [-0.2, 0) is 4.74 Å². The number of carbonyl (C=O) groups excluding carboxylic acids is 1. The minimum absolute atomic E-state index is 0.0373. The number of carbonyl (C=O) groups is 1. The van der Waals surface area contributed by atoms with Crippen LogP contribution in [0.15, 0.2) is 48.5 Å². The Kier molecular flexibility index (Phi) is 7.09. The normalized spacial score (nSPS) is 21.3. The number of hydrogen-bond acceptors (Lipinski definition) is 5. The minimum Gasteiger partial charge on any atom is -0.493 e. The molecule has 7 heteroatoms. The molecule has 2 amide bonds. The average Bonchev–Trinajstić information content (AvgIpc) is 3.60. The van der Waals surface area contributed by atoms with Crippen molar-refractivity contribution in [3.8, 4) is 11.5 Å². The molecule has 2 aliphatic heterocycles. The predicted molar refractivity (Wildman–Crippen MR) is 132 cm³/mol. The van der Waals surface area contributed by atoms with Crippen molar-refractivity contribution in [1.82, 2.24) is 10.2 Å². The molecule has 182 valence electrons. The molecular formula is C27H35N3O4. The second-order valence-electron chi connectivity index (χ2n) is 9.56. The molecular weight excluding hydrogens is 430 g/mol. The summed E-state index contributed by atoms with van der Waals surface area (Å²) in [5, 5.41) is 3.08. The molecule has 5 rings (SSSR count). The lowest BCUT2D eigenvalue weighted by atomic mass is 10.1. The van der Waals surface area contributed by atoms with Crippen LogP contribution < -0.4 is 19.7 Å². The highest BCUT2D eigenvalue weighted by atomic mass is 16.5. The Hall–Kier alpha value is -2.93. The van der Waals surface area contributed by atoms with Gasteiger partial charge in [0, 0.05) is 31.7 Å². The van der Waals surface area contributed by atoms with Crippen LogP contribution in [0.2, 0.25) is 0 Å². The third-order valence-electron chi connectivity index (χ3n) is 6.85.